The molecule has 4 heteroatoms. The summed E-state index contributed by atoms with van der Waals surface area (Å²) in [6.45, 7) is 8.70. The fraction of sp³-hybridized carbons (Fsp3) is 0.650. The van der Waals surface area contributed by atoms with Crippen LogP contribution in [0.1, 0.15) is 63.5 Å². The number of alkyl carbamates (subject to hydrolysis) is 1. The number of amides is 1. The third kappa shape index (κ3) is 4.22. The predicted octanol–water partition coefficient (Wildman–Crippen LogP) is 4.23. The van der Waals surface area contributed by atoms with Gasteiger partial charge in [0.1, 0.15) is 5.60 Å². The van der Waals surface area contributed by atoms with Crippen molar-refractivity contribution in [3.63, 3.8) is 0 Å². The summed E-state index contributed by atoms with van der Waals surface area (Å²) in [6.07, 6.45) is 5.77. The minimum atomic E-state index is -0.445. The molecular formula is C20H30N2O2. The standard InChI is InChI=1S/C20H30N2O2/c1-20(2,3)24-19(23)21-14-16-8-6-7-15-13-17(9-10-18(15)16)22-11-4-5-12-22/h9-10,13,16H,4-8,11-12,14H2,1-3H3,(H,21,23)/t16-/m0/s1. The number of rotatable bonds is 3. The van der Waals surface area contributed by atoms with Crippen LogP contribution in [0.2, 0.25) is 0 Å². The average Bonchev–Trinajstić information content (AvgIpc) is 3.05. The SMILES string of the molecule is CC(C)(C)OC(=O)NC[C@@H]1CCCc2cc(N3CCCC3)ccc21. The van der Waals surface area contributed by atoms with Crippen molar-refractivity contribution in [2.45, 2.75) is 64.4 Å². The van der Waals surface area contributed by atoms with E-state index in [4.69, 9.17) is 4.74 Å². The lowest BCUT2D eigenvalue weighted by Gasteiger charge is -2.28. The van der Waals surface area contributed by atoms with Crippen LogP contribution < -0.4 is 10.2 Å². The molecule has 1 aromatic rings. The van der Waals surface area contributed by atoms with E-state index in [0.29, 0.717) is 12.5 Å². The highest BCUT2D eigenvalue weighted by Gasteiger charge is 2.23. The van der Waals surface area contributed by atoms with Crippen molar-refractivity contribution in [2.75, 3.05) is 24.5 Å². The molecule has 1 N–H and O–H groups in total. The van der Waals surface area contributed by atoms with Gasteiger partial charge >= 0.3 is 6.09 Å². The van der Waals surface area contributed by atoms with E-state index in [1.807, 2.05) is 20.8 Å². The zero-order valence-electron chi connectivity index (χ0n) is 15.2. The largest absolute Gasteiger partial charge is 0.444 e. The topological polar surface area (TPSA) is 41.6 Å². The maximum absolute atomic E-state index is 11.9. The third-order valence-electron chi connectivity index (χ3n) is 4.93. The zero-order valence-corrected chi connectivity index (χ0v) is 15.2. The number of hydrogen-bond acceptors (Lipinski definition) is 3. The maximum Gasteiger partial charge on any atom is 0.407 e. The van der Waals surface area contributed by atoms with Crippen molar-refractivity contribution in [1.82, 2.24) is 5.32 Å². The van der Waals surface area contributed by atoms with E-state index in [1.54, 1.807) is 0 Å². The van der Waals surface area contributed by atoms with E-state index in [-0.39, 0.29) is 6.09 Å². The van der Waals surface area contributed by atoms with Crippen LogP contribution in [0, 0.1) is 0 Å². The van der Waals surface area contributed by atoms with Crippen molar-refractivity contribution >= 4 is 11.8 Å². The number of fused-ring (bicyclic) bond motifs is 1. The lowest BCUT2D eigenvalue weighted by atomic mass is 9.82. The van der Waals surface area contributed by atoms with Gasteiger partial charge in [0.25, 0.3) is 0 Å². The first-order valence-corrected chi connectivity index (χ1v) is 9.27. The molecule has 132 valence electrons. The smallest absolute Gasteiger partial charge is 0.407 e. The number of hydrogen-bond donors (Lipinski definition) is 1. The van der Waals surface area contributed by atoms with Gasteiger partial charge in [-0.05, 0) is 76.1 Å². The van der Waals surface area contributed by atoms with E-state index >= 15 is 0 Å². The number of carbonyl (C=O) groups is 1. The van der Waals surface area contributed by atoms with Crippen molar-refractivity contribution < 1.29 is 9.53 Å². The Morgan fingerprint density at radius 3 is 2.71 bits per heavy atom. The number of benzene rings is 1. The summed E-state index contributed by atoms with van der Waals surface area (Å²) in [5.41, 5.74) is 3.79. The van der Waals surface area contributed by atoms with Gasteiger partial charge in [0.2, 0.25) is 0 Å². The predicted molar refractivity (Wildman–Crippen MR) is 97.8 cm³/mol. The normalized spacial score (nSPS) is 20.6. The van der Waals surface area contributed by atoms with E-state index in [9.17, 15) is 4.79 Å². The lowest BCUT2D eigenvalue weighted by molar-refractivity contribution is 0.0523. The summed E-state index contributed by atoms with van der Waals surface area (Å²) in [6, 6.07) is 6.92. The number of carbonyl (C=O) groups excluding carboxylic acids is 1. The molecule has 3 rings (SSSR count). The molecule has 0 bridgehead atoms. The monoisotopic (exact) mass is 330 g/mol. The third-order valence-corrected chi connectivity index (χ3v) is 4.93. The Morgan fingerprint density at radius 1 is 1.25 bits per heavy atom. The fourth-order valence-electron chi connectivity index (χ4n) is 3.81. The van der Waals surface area contributed by atoms with Crippen LogP contribution >= 0.6 is 0 Å². The van der Waals surface area contributed by atoms with Crippen molar-refractivity contribution in [2.24, 2.45) is 0 Å². The van der Waals surface area contributed by atoms with Gasteiger partial charge in [-0.25, -0.2) is 4.79 Å². The van der Waals surface area contributed by atoms with Gasteiger partial charge in [-0.3, -0.25) is 0 Å². The van der Waals surface area contributed by atoms with Crippen LogP contribution in [0.3, 0.4) is 0 Å². The zero-order chi connectivity index (χ0) is 17.2. The number of anilines is 1. The molecule has 0 saturated carbocycles. The Balaban J connectivity index is 1.64. The Hall–Kier alpha value is -1.71. The molecule has 0 spiro atoms. The molecular weight excluding hydrogens is 300 g/mol. The Labute approximate surface area is 145 Å². The van der Waals surface area contributed by atoms with E-state index in [1.165, 1.54) is 49.2 Å². The summed E-state index contributed by atoms with van der Waals surface area (Å²) in [7, 11) is 0. The fourth-order valence-corrected chi connectivity index (χ4v) is 3.81. The summed E-state index contributed by atoms with van der Waals surface area (Å²) in [5.74, 6) is 0.397. The molecule has 2 aliphatic rings. The van der Waals surface area contributed by atoms with Crippen LogP contribution in [0.25, 0.3) is 0 Å². The molecule has 24 heavy (non-hydrogen) atoms. The highest BCUT2D eigenvalue weighted by atomic mass is 16.6. The average molecular weight is 330 g/mol. The summed E-state index contributed by atoms with van der Waals surface area (Å²) < 4.78 is 5.35. The second-order valence-corrected chi connectivity index (χ2v) is 8.05. The Morgan fingerprint density at radius 2 is 2.00 bits per heavy atom. The quantitative estimate of drug-likeness (QED) is 0.901. The van der Waals surface area contributed by atoms with E-state index in [2.05, 4.69) is 28.4 Å². The second-order valence-electron chi connectivity index (χ2n) is 8.05. The molecule has 1 atom stereocenters. The van der Waals surface area contributed by atoms with Gasteiger partial charge in [-0.15, -0.1) is 0 Å². The van der Waals surface area contributed by atoms with Gasteiger partial charge in [0.15, 0.2) is 0 Å². The van der Waals surface area contributed by atoms with Gasteiger partial charge in [-0.1, -0.05) is 6.07 Å². The minimum absolute atomic E-state index is 0.316. The van der Waals surface area contributed by atoms with E-state index < -0.39 is 5.60 Å². The summed E-state index contributed by atoms with van der Waals surface area (Å²) in [5, 5.41) is 2.95. The molecule has 1 fully saturated rings. The number of nitrogens with zero attached hydrogens (tertiary/aromatic N) is 1. The van der Waals surface area contributed by atoms with Gasteiger partial charge < -0.3 is 15.0 Å². The molecule has 1 saturated heterocycles. The Bertz CT molecular complexity index is 586. The molecule has 1 heterocycles. The van der Waals surface area contributed by atoms with Crippen LogP contribution in [-0.4, -0.2) is 31.3 Å². The highest BCUT2D eigenvalue weighted by Crippen LogP contribution is 2.34. The van der Waals surface area contributed by atoms with Crippen LogP contribution in [0.15, 0.2) is 18.2 Å². The van der Waals surface area contributed by atoms with Crippen molar-refractivity contribution in [3.05, 3.63) is 29.3 Å². The second kappa shape index (κ2) is 7.04. The molecule has 1 aliphatic heterocycles. The lowest BCUT2D eigenvalue weighted by Crippen LogP contribution is -2.35. The van der Waals surface area contributed by atoms with Crippen LogP contribution in [0.4, 0.5) is 10.5 Å². The van der Waals surface area contributed by atoms with Crippen molar-refractivity contribution in [3.8, 4) is 0 Å². The summed E-state index contributed by atoms with van der Waals surface area (Å²) in [4.78, 5) is 14.4. The van der Waals surface area contributed by atoms with Crippen LogP contribution in [0.5, 0.6) is 0 Å². The molecule has 1 aliphatic carbocycles. The number of ether oxygens (including phenoxy) is 1. The number of nitrogens with one attached hydrogen (secondary N) is 1. The molecule has 4 nitrogen and oxygen atoms in total. The maximum atomic E-state index is 11.9. The molecule has 0 unspecified atom stereocenters. The highest BCUT2D eigenvalue weighted by molar-refractivity contribution is 5.67. The summed E-state index contributed by atoms with van der Waals surface area (Å²) >= 11 is 0. The van der Waals surface area contributed by atoms with Gasteiger partial charge in [0, 0.05) is 31.2 Å². The van der Waals surface area contributed by atoms with E-state index in [0.717, 1.165) is 12.8 Å². The van der Waals surface area contributed by atoms with Gasteiger partial charge in [0.05, 0.1) is 0 Å². The number of aryl methyl sites for hydroxylation is 1. The van der Waals surface area contributed by atoms with Gasteiger partial charge in [-0.2, -0.15) is 0 Å². The molecule has 0 radical (unpaired) electrons. The molecule has 0 aromatic heterocycles. The first kappa shape index (κ1) is 17.1. The minimum Gasteiger partial charge on any atom is -0.444 e. The Kier molecular flexibility index (Phi) is 5.02. The van der Waals surface area contributed by atoms with Crippen LogP contribution in [-0.2, 0) is 11.2 Å². The molecule has 1 aromatic carbocycles. The first-order valence-electron chi connectivity index (χ1n) is 9.27. The van der Waals surface area contributed by atoms with Crippen molar-refractivity contribution in [1.29, 1.82) is 0 Å². The first-order chi connectivity index (χ1) is 11.4. The molecule has 1 amide bonds.